The second kappa shape index (κ2) is 3.85. The predicted octanol–water partition coefficient (Wildman–Crippen LogP) is 3.96. The van der Waals surface area contributed by atoms with Gasteiger partial charge in [-0.25, -0.2) is 0 Å². The summed E-state index contributed by atoms with van der Waals surface area (Å²) in [5, 5.41) is 0. The molecule has 15 heavy (non-hydrogen) atoms. The zero-order chi connectivity index (χ0) is 10.9. The SMILES string of the molecule is Cc1ccccc1C1=CCC[Si](C)(C)O1. The molecule has 0 atom stereocenters. The van der Waals surface area contributed by atoms with E-state index in [-0.39, 0.29) is 0 Å². The second-order valence-corrected chi connectivity index (χ2v) is 9.01. The molecule has 1 aliphatic heterocycles. The Morgan fingerprint density at radius 1 is 1.20 bits per heavy atom. The van der Waals surface area contributed by atoms with Gasteiger partial charge in [0.1, 0.15) is 5.76 Å². The van der Waals surface area contributed by atoms with Crippen LogP contribution in [0.1, 0.15) is 17.5 Å². The molecule has 0 aromatic heterocycles. The number of allylic oxidation sites excluding steroid dienone is 1. The lowest BCUT2D eigenvalue weighted by Gasteiger charge is -2.30. The summed E-state index contributed by atoms with van der Waals surface area (Å²) in [6.07, 6.45) is 3.41. The highest BCUT2D eigenvalue weighted by Crippen LogP contribution is 2.31. The third-order valence-electron chi connectivity index (χ3n) is 2.87. The molecule has 2 rings (SSSR count). The molecule has 1 nitrogen and oxygen atoms in total. The van der Waals surface area contributed by atoms with E-state index in [2.05, 4.69) is 50.4 Å². The van der Waals surface area contributed by atoms with E-state index in [4.69, 9.17) is 4.43 Å². The molecule has 1 aliphatic rings. The van der Waals surface area contributed by atoms with Crippen molar-refractivity contribution in [3.05, 3.63) is 41.5 Å². The molecule has 0 spiro atoms. The first kappa shape index (κ1) is 10.5. The highest BCUT2D eigenvalue weighted by molar-refractivity contribution is 6.72. The first-order valence-electron chi connectivity index (χ1n) is 5.54. The van der Waals surface area contributed by atoms with Gasteiger partial charge in [-0.2, -0.15) is 0 Å². The Balaban J connectivity index is 2.33. The lowest BCUT2D eigenvalue weighted by Crippen LogP contribution is -2.31. The molecule has 0 aliphatic carbocycles. The van der Waals surface area contributed by atoms with Crippen molar-refractivity contribution >= 4 is 14.1 Å². The van der Waals surface area contributed by atoms with E-state index in [1.807, 2.05) is 0 Å². The van der Waals surface area contributed by atoms with Gasteiger partial charge in [0.15, 0.2) is 0 Å². The maximum absolute atomic E-state index is 6.14. The Morgan fingerprint density at radius 2 is 1.93 bits per heavy atom. The topological polar surface area (TPSA) is 9.23 Å². The van der Waals surface area contributed by atoms with E-state index in [1.54, 1.807) is 0 Å². The fourth-order valence-electron chi connectivity index (χ4n) is 1.96. The van der Waals surface area contributed by atoms with Crippen LogP contribution in [0.15, 0.2) is 30.3 Å². The minimum atomic E-state index is -1.43. The summed E-state index contributed by atoms with van der Waals surface area (Å²) in [6.45, 7) is 6.72. The van der Waals surface area contributed by atoms with Gasteiger partial charge in [-0.15, -0.1) is 0 Å². The minimum absolute atomic E-state index is 1.11. The average molecular weight is 218 g/mol. The zero-order valence-corrected chi connectivity index (χ0v) is 10.7. The number of aryl methyl sites for hydroxylation is 1. The van der Waals surface area contributed by atoms with Crippen LogP contribution in [-0.4, -0.2) is 8.32 Å². The molecule has 0 fully saturated rings. The van der Waals surface area contributed by atoms with Gasteiger partial charge in [-0.05, 0) is 44.1 Å². The Kier molecular flexibility index (Phi) is 2.70. The third kappa shape index (κ3) is 2.32. The maximum Gasteiger partial charge on any atom is 0.245 e. The van der Waals surface area contributed by atoms with Crippen molar-refractivity contribution in [2.45, 2.75) is 32.5 Å². The van der Waals surface area contributed by atoms with Crippen molar-refractivity contribution in [3.8, 4) is 0 Å². The van der Waals surface area contributed by atoms with Gasteiger partial charge in [-0.3, -0.25) is 0 Å². The molecule has 1 heterocycles. The molecule has 2 heteroatoms. The Morgan fingerprint density at radius 3 is 2.60 bits per heavy atom. The summed E-state index contributed by atoms with van der Waals surface area (Å²) in [7, 11) is -1.43. The lowest BCUT2D eigenvalue weighted by molar-refractivity contribution is 0.491. The number of hydrogen-bond acceptors (Lipinski definition) is 1. The monoisotopic (exact) mass is 218 g/mol. The van der Waals surface area contributed by atoms with Crippen molar-refractivity contribution in [1.29, 1.82) is 0 Å². The minimum Gasteiger partial charge on any atom is -0.544 e. The summed E-state index contributed by atoms with van der Waals surface area (Å²) in [5.74, 6) is 1.11. The van der Waals surface area contributed by atoms with E-state index in [1.165, 1.54) is 23.6 Å². The molecular formula is C13H18OSi. The van der Waals surface area contributed by atoms with Gasteiger partial charge in [0.25, 0.3) is 0 Å². The van der Waals surface area contributed by atoms with Crippen LogP contribution in [0.3, 0.4) is 0 Å². The summed E-state index contributed by atoms with van der Waals surface area (Å²) in [6, 6.07) is 9.68. The number of hydrogen-bond donors (Lipinski definition) is 0. The first-order valence-corrected chi connectivity index (χ1v) is 8.65. The van der Waals surface area contributed by atoms with Gasteiger partial charge in [0.2, 0.25) is 8.32 Å². The van der Waals surface area contributed by atoms with Crippen LogP contribution in [-0.2, 0) is 4.43 Å². The smallest absolute Gasteiger partial charge is 0.245 e. The molecule has 0 radical (unpaired) electrons. The van der Waals surface area contributed by atoms with Gasteiger partial charge < -0.3 is 4.43 Å². The van der Waals surface area contributed by atoms with Crippen LogP contribution in [0, 0.1) is 6.92 Å². The van der Waals surface area contributed by atoms with Crippen LogP contribution in [0.2, 0.25) is 19.1 Å². The highest BCUT2D eigenvalue weighted by Gasteiger charge is 2.28. The van der Waals surface area contributed by atoms with Crippen molar-refractivity contribution < 1.29 is 4.43 Å². The predicted molar refractivity (Wildman–Crippen MR) is 67.1 cm³/mol. The Hall–Kier alpha value is -1.02. The molecule has 0 saturated carbocycles. The Bertz CT molecular complexity index is 393. The molecule has 1 aromatic rings. The van der Waals surface area contributed by atoms with E-state index < -0.39 is 8.32 Å². The summed E-state index contributed by atoms with van der Waals surface area (Å²) in [5.41, 5.74) is 2.56. The van der Waals surface area contributed by atoms with Gasteiger partial charge in [0.05, 0.1) is 0 Å². The van der Waals surface area contributed by atoms with Crippen LogP contribution in [0.5, 0.6) is 0 Å². The van der Waals surface area contributed by atoms with E-state index in [0.29, 0.717) is 0 Å². The quantitative estimate of drug-likeness (QED) is 0.648. The van der Waals surface area contributed by atoms with Crippen LogP contribution >= 0.6 is 0 Å². The lowest BCUT2D eigenvalue weighted by atomic mass is 10.1. The van der Waals surface area contributed by atoms with E-state index in [0.717, 1.165) is 5.76 Å². The van der Waals surface area contributed by atoms with Crippen LogP contribution < -0.4 is 0 Å². The highest BCUT2D eigenvalue weighted by atomic mass is 28.4. The molecule has 0 unspecified atom stereocenters. The van der Waals surface area contributed by atoms with Crippen molar-refractivity contribution in [1.82, 2.24) is 0 Å². The van der Waals surface area contributed by atoms with Crippen molar-refractivity contribution in [2.75, 3.05) is 0 Å². The second-order valence-electron chi connectivity index (χ2n) is 4.78. The van der Waals surface area contributed by atoms with E-state index >= 15 is 0 Å². The molecule has 0 bridgehead atoms. The standard InChI is InChI=1S/C13H18OSi/c1-11-7-4-5-8-12(11)13-9-6-10-15(2,3)14-13/h4-5,7-9H,6,10H2,1-3H3. The third-order valence-corrected chi connectivity index (χ3v) is 5.14. The summed E-state index contributed by atoms with van der Waals surface area (Å²) >= 11 is 0. The fourth-order valence-corrected chi connectivity index (χ4v) is 3.69. The van der Waals surface area contributed by atoms with Crippen molar-refractivity contribution in [2.24, 2.45) is 0 Å². The summed E-state index contributed by atoms with van der Waals surface area (Å²) < 4.78 is 6.14. The molecular weight excluding hydrogens is 200 g/mol. The average Bonchev–Trinajstić information content (AvgIpc) is 2.17. The first-order chi connectivity index (χ1) is 7.08. The zero-order valence-electron chi connectivity index (χ0n) is 9.71. The molecule has 1 aromatic carbocycles. The van der Waals surface area contributed by atoms with Gasteiger partial charge in [-0.1, -0.05) is 24.3 Å². The van der Waals surface area contributed by atoms with Crippen LogP contribution in [0.25, 0.3) is 5.76 Å². The molecule has 0 N–H and O–H groups in total. The van der Waals surface area contributed by atoms with Gasteiger partial charge >= 0.3 is 0 Å². The molecule has 0 saturated heterocycles. The number of benzene rings is 1. The molecule has 0 amide bonds. The fraction of sp³-hybridized carbons (Fsp3) is 0.385. The van der Waals surface area contributed by atoms with E-state index in [9.17, 15) is 0 Å². The normalized spacial score (nSPS) is 19.3. The molecule has 80 valence electrons. The Labute approximate surface area is 92.9 Å². The summed E-state index contributed by atoms with van der Waals surface area (Å²) in [4.78, 5) is 0. The maximum atomic E-state index is 6.14. The largest absolute Gasteiger partial charge is 0.544 e. The van der Waals surface area contributed by atoms with Gasteiger partial charge in [0, 0.05) is 5.56 Å². The number of rotatable bonds is 1. The van der Waals surface area contributed by atoms with Crippen molar-refractivity contribution in [3.63, 3.8) is 0 Å². The van der Waals surface area contributed by atoms with Crippen LogP contribution in [0.4, 0.5) is 0 Å².